The van der Waals surface area contributed by atoms with Crippen molar-refractivity contribution in [2.45, 2.75) is 84.5 Å². The molecule has 39 heavy (non-hydrogen) atoms. The van der Waals surface area contributed by atoms with Crippen LogP contribution in [0, 0.1) is 11.8 Å². The Labute approximate surface area is 231 Å². The highest BCUT2D eigenvalue weighted by Crippen LogP contribution is 2.25. The number of nitrogens with one attached hydrogen (secondary N) is 2. The maximum atomic E-state index is 13.3. The first kappa shape index (κ1) is 30.2. The van der Waals surface area contributed by atoms with Crippen LogP contribution >= 0.6 is 0 Å². The van der Waals surface area contributed by atoms with Crippen molar-refractivity contribution >= 4 is 23.8 Å². The highest BCUT2D eigenvalue weighted by Gasteiger charge is 2.40. The quantitative estimate of drug-likeness (QED) is 0.520. The van der Waals surface area contributed by atoms with Gasteiger partial charge in [-0.15, -0.1) is 0 Å². The molecule has 0 aromatic heterocycles. The molecule has 0 saturated carbocycles. The van der Waals surface area contributed by atoms with Crippen LogP contribution in [0.15, 0.2) is 24.3 Å². The molecule has 4 amide bonds. The Morgan fingerprint density at radius 1 is 1.00 bits per heavy atom. The molecule has 1 aromatic rings. The standard InChI is InChI=1S/C29H44N4O6/c1-19(2)24(26(35)30-18-20-9-11-22(38-6)12-10-20)31-25(34)21-13-16-32(17-14-21)27(36)23-8-7-15-33(23)28(37)39-29(3,4)5/h9-12,19,21,23-24H,7-8,13-18H2,1-6H3,(H,30,35)(H,31,34)/t23-,24+/m1/s1. The molecule has 10 nitrogen and oxygen atoms in total. The third-order valence-corrected chi connectivity index (χ3v) is 7.22. The average Bonchev–Trinajstić information content (AvgIpc) is 3.39. The van der Waals surface area contributed by atoms with E-state index in [1.165, 1.54) is 4.90 Å². The fourth-order valence-corrected chi connectivity index (χ4v) is 4.98. The van der Waals surface area contributed by atoms with Gasteiger partial charge in [0, 0.05) is 32.1 Å². The zero-order valence-electron chi connectivity index (χ0n) is 24.1. The van der Waals surface area contributed by atoms with Crippen LogP contribution in [-0.2, 0) is 25.7 Å². The van der Waals surface area contributed by atoms with Gasteiger partial charge in [-0.05, 0) is 70.1 Å². The molecule has 2 saturated heterocycles. The van der Waals surface area contributed by atoms with Gasteiger partial charge in [0.2, 0.25) is 17.7 Å². The summed E-state index contributed by atoms with van der Waals surface area (Å²) in [7, 11) is 1.60. The summed E-state index contributed by atoms with van der Waals surface area (Å²) in [6.07, 6.45) is 1.92. The molecular formula is C29H44N4O6. The third-order valence-electron chi connectivity index (χ3n) is 7.22. The summed E-state index contributed by atoms with van der Waals surface area (Å²) >= 11 is 0. The smallest absolute Gasteiger partial charge is 0.410 e. The largest absolute Gasteiger partial charge is 0.497 e. The van der Waals surface area contributed by atoms with Crippen molar-refractivity contribution in [2.75, 3.05) is 26.7 Å². The fourth-order valence-electron chi connectivity index (χ4n) is 4.98. The molecule has 2 fully saturated rings. The number of ether oxygens (including phenoxy) is 2. The Hall–Kier alpha value is -3.30. The van der Waals surface area contributed by atoms with Crippen LogP contribution in [-0.4, -0.2) is 78.0 Å². The number of nitrogens with zero attached hydrogens (tertiary/aromatic N) is 2. The minimum Gasteiger partial charge on any atom is -0.497 e. The van der Waals surface area contributed by atoms with Crippen molar-refractivity contribution in [3.63, 3.8) is 0 Å². The topological polar surface area (TPSA) is 117 Å². The normalized spacial score (nSPS) is 19.0. The van der Waals surface area contributed by atoms with Gasteiger partial charge in [0.15, 0.2) is 0 Å². The summed E-state index contributed by atoms with van der Waals surface area (Å²) in [6, 6.07) is 6.26. The van der Waals surface area contributed by atoms with Crippen LogP contribution in [0.3, 0.4) is 0 Å². The molecule has 0 aliphatic carbocycles. The Morgan fingerprint density at radius 3 is 2.21 bits per heavy atom. The molecule has 0 spiro atoms. The van der Waals surface area contributed by atoms with E-state index in [1.807, 2.05) is 58.9 Å². The predicted octanol–water partition coefficient (Wildman–Crippen LogP) is 3.09. The number of benzene rings is 1. The van der Waals surface area contributed by atoms with E-state index in [1.54, 1.807) is 12.0 Å². The molecule has 0 unspecified atom stereocenters. The first-order valence-corrected chi connectivity index (χ1v) is 13.9. The number of carbonyl (C=O) groups is 4. The Kier molecular flexibility index (Phi) is 10.2. The SMILES string of the molecule is COc1ccc(CNC(=O)[C@@H](NC(=O)C2CCN(C(=O)[C@H]3CCCN3C(=O)OC(C)(C)C)CC2)C(C)C)cc1. The van der Waals surface area contributed by atoms with Crippen molar-refractivity contribution in [1.82, 2.24) is 20.4 Å². The molecule has 2 aliphatic rings. The van der Waals surface area contributed by atoms with E-state index >= 15 is 0 Å². The van der Waals surface area contributed by atoms with E-state index in [9.17, 15) is 19.2 Å². The van der Waals surface area contributed by atoms with Gasteiger partial charge in [0.25, 0.3) is 0 Å². The van der Waals surface area contributed by atoms with E-state index in [0.717, 1.165) is 17.7 Å². The molecule has 0 radical (unpaired) electrons. The van der Waals surface area contributed by atoms with Gasteiger partial charge in [0.1, 0.15) is 23.4 Å². The zero-order chi connectivity index (χ0) is 28.7. The number of hydrogen-bond donors (Lipinski definition) is 2. The lowest BCUT2D eigenvalue weighted by Crippen LogP contribution is -2.54. The Bertz CT molecular complexity index is 1010. The molecule has 0 bridgehead atoms. The highest BCUT2D eigenvalue weighted by molar-refractivity contribution is 5.89. The average molecular weight is 545 g/mol. The summed E-state index contributed by atoms with van der Waals surface area (Å²) in [4.78, 5) is 55.1. The molecule has 2 aliphatic heterocycles. The Morgan fingerprint density at radius 2 is 1.64 bits per heavy atom. The van der Waals surface area contributed by atoms with E-state index < -0.39 is 23.8 Å². The molecule has 216 valence electrons. The predicted molar refractivity (Wildman–Crippen MR) is 147 cm³/mol. The number of methoxy groups -OCH3 is 1. The second kappa shape index (κ2) is 13.2. The summed E-state index contributed by atoms with van der Waals surface area (Å²) in [5.74, 6) is -0.117. The maximum Gasteiger partial charge on any atom is 0.410 e. The number of piperidine rings is 1. The molecule has 2 N–H and O–H groups in total. The summed E-state index contributed by atoms with van der Waals surface area (Å²) in [6.45, 7) is 10.9. The van der Waals surface area contributed by atoms with Gasteiger partial charge in [0.05, 0.1) is 7.11 Å². The first-order valence-electron chi connectivity index (χ1n) is 13.9. The molecular weight excluding hydrogens is 500 g/mol. The van der Waals surface area contributed by atoms with Crippen molar-refractivity contribution < 1.29 is 28.7 Å². The minimum atomic E-state index is -0.656. The fraction of sp³-hybridized carbons (Fsp3) is 0.655. The van der Waals surface area contributed by atoms with Gasteiger partial charge >= 0.3 is 6.09 Å². The van der Waals surface area contributed by atoms with E-state index in [-0.39, 0.29) is 29.6 Å². The summed E-state index contributed by atoms with van der Waals surface area (Å²) < 4.78 is 10.7. The van der Waals surface area contributed by atoms with E-state index in [2.05, 4.69) is 10.6 Å². The van der Waals surface area contributed by atoms with Gasteiger partial charge in [-0.25, -0.2) is 4.79 Å². The molecule has 3 rings (SSSR count). The Balaban J connectivity index is 1.50. The molecule has 2 heterocycles. The monoisotopic (exact) mass is 544 g/mol. The third kappa shape index (κ3) is 8.34. The van der Waals surface area contributed by atoms with Gasteiger partial charge in [-0.1, -0.05) is 26.0 Å². The molecule has 10 heteroatoms. The number of rotatable bonds is 8. The number of amides is 4. The summed E-state index contributed by atoms with van der Waals surface area (Å²) in [5.41, 5.74) is 0.307. The van der Waals surface area contributed by atoms with Crippen molar-refractivity contribution in [2.24, 2.45) is 11.8 Å². The second-order valence-electron chi connectivity index (χ2n) is 11.7. The number of likely N-dealkylation sites (tertiary alicyclic amines) is 2. The lowest BCUT2D eigenvalue weighted by Gasteiger charge is -2.36. The molecule has 2 atom stereocenters. The van der Waals surface area contributed by atoms with Crippen LogP contribution in [0.25, 0.3) is 0 Å². The van der Waals surface area contributed by atoms with Gasteiger partial charge in [-0.3, -0.25) is 19.3 Å². The van der Waals surface area contributed by atoms with Crippen LogP contribution in [0.1, 0.15) is 65.9 Å². The lowest BCUT2D eigenvalue weighted by atomic mass is 9.94. The van der Waals surface area contributed by atoms with E-state index in [4.69, 9.17) is 9.47 Å². The number of hydrogen-bond acceptors (Lipinski definition) is 6. The second-order valence-corrected chi connectivity index (χ2v) is 11.7. The van der Waals surface area contributed by atoms with Crippen molar-refractivity contribution in [3.8, 4) is 5.75 Å². The number of carbonyl (C=O) groups excluding carboxylic acids is 4. The maximum absolute atomic E-state index is 13.3. The van der Waals surface area contributed by atoms with Crippen molar-refractivity contribution in [3.05, 3.63) is 29.8 Å². The van der Waals surface area contributed by atoms with Gasteiger partial charge < -0.3 is 25.0 Å². The zero-order valence-corrected chi connectivity index (χ0v) is 24.1. The minimum absolute atomic E-state index is 0.0878. The van der Waals surface area contributed by atoms with Crippen LogP contribution < -0.4 is 15.4 Å². The molecule has 1 aromatic carbocycles. The highest BCUT2D eigenvalue weighted by atomic mass is 16.6. The lowest BCUT2D eigenvalue weighted by molar-refractivity contribution is -0.140. The van der Waals surface area contributed by atoms with Gasteiger partial charge in [-0.2, -0.15) is 0 Å². The van der Waals surface area contributed by atoms with Crippen LogP contribution in [0.4, 0.5) is 4.79 Å². The summed E-state index contributed by atoms with van der Waals surface area (Å²) in [5, 5.41) is 5.86. The van der Waals surface area contributed by atoms with Crippen molar-refractivity contribution in [1.29, 1.82) is 0 Å². The van der Waals surface area contributed by atoms with Crippen LogP contribution in [0.5, 0.6) is 5.75 Å². The van der Waals surface area contributed by atoms with E-state index in [0.29, 0.717) is 45.4 Å². The van der Waals surface area contributed by atoms with Crippen LogP contribution in [0.2, 0.25) is 0 Å². The first-order chi connectivity index (χ1) is 18.4.